The predicted molar refractivity (Wildman–Crippen MR) is 133 cm³/mol. The van der Waals surface area contributed by atoms with Crippen molar-refractivity contribution in [2.24, 2.45) is 0 Å². The number of morpholine rings is 1. The van der Waals surface area contributed by atoms with Crippen LogP contribution in [0.2, 0.25) is 0 Å². The maximum atomic E-state index is 13.3. The molecule has 4 heterocycles. The summed E-state index contributed by atoms with van der Waals surface area (Å²) < 4.78 is 13.0. The number of amides is 1. The van der Waals surface area contributed by atoms with Crippen molar-refractivity contribution in [1.82, 2.24) is 19.6 Å². The topological polar surface area (TPSA) is 101 Å². The zero-order valence-corrected chi connectivity index (χ0v) is 20.5. The van der Waals surface area contributed by atoms with E-state index in [9.17, 15) is 14.7 Å². The lowest BCUT2D eigenvalue weighted by Crippen LogP contribution is -2.38. The zero-order valence-electron chi connectivity index (χ0n) is 20.5. The molecule has 2 aliphatic heterocycles. The lowest BCUT2D eigenvalue weighted by molar-refractivity contribution is -0.140. The fourth-order valence-corrected chi connectivity index (χ4v) is 4.91. The number of Topliss-reactive ketones (excluding diaryl/α,β-unsaturated/α-hetero) is 1. The summed E-state index contributed by atoms with van der Waals surface area (Å²) in [7, 11) is 0. The van der Waals surface area contributed by atoms with Crippen LogP contribution >= 0.6 is 0 Å². The van der Waals surface area contributed by atoms with Gasteiger partial charge in [0.25, 0.3) is 11.7 Å². The van der Waals surface area contributed by atoms with Crippen LogP contribution in [0.1, 0.15) is 35.2 Å². The molecule has 1 atom stereocenters. The second-order valence-electron chi connectivity index (χ2n) is 9.14. The Hall–Kier alpha value is -3.69. The molecule has 2 fully saturated rings. The van der Waals surface area contributed by atoms with E-state index in [1.807, 2.05) is 44.2 Å². The zero-order chi connectivity index (χ0) is 25.2. The van der Waals surface area contributed by atoms with Gasteiger partial charge in [-0.3, -0.25) is 14.5 Å². The molecule has 3 aromatic rings. The number of aryl methyl sites for hydroxylation is 1. The van der Waals surface area contributed by atoms with Crippen LogP contribution in [0.3, 0.4) is 0 Å². The Morgan fingerprint density at radius 3 is 2.50 bits per heavy atom. The molecule has 0 unspecified atom stereocenters. The highest BCUT2D eigenvalue weighted by atomic mass is 16.5. The predicted octanol–water partition coefficient (Wildman–Crippen LogP) is 3.23. The summed E-state index contributed by atoms with van der Waals surface area (Å²) in [4.78, 5) is 30.2. The van der Waals surface area contributed by atoms with Gasteiger partial charge in [-0.25, -0.2) is 4.68 Å². The van der Waals surface area contributed by atoms with Gasteiger partial charge < -0.3 is 19.2 Å². The lowest BCUT2D eigenvalue weighted by atomic mass is 9.99. The third-order valence-electron chi connectivity index (χ3n) is 6.81. The molecule has 9 heteroatoms. The van der Waals surface area contributed by atoms with Crippen molar-refractivity contribution in [1.29, 1.82) is 0 Å². The Balaban J connectivity index is 1.49. The number of ketones is 1. The summed E-state index contributed by atoms with van der Waals surface area (Å²) in [6.07, 6.45) is 2.21. The Labute approximate surface area is 209 Å². The lowest BCUT2D eigenvalue weighted by Gasteiger charge is -2.28. The minimum absolute atomic E-state index is 0.0245. The minimum atomic E-state index is -0.803. The van der Waals surface area contributed by atoms with Gasteiger partial charge in [0.1, 0.15) is 23.3 Å². The van der Waals surface area contributed by atoms with Gasteiger partial charge in [0.15, 0.2) is 0 Å². The van der Waals surface area contributed by atoms with Crippen molar-refractivity contribution in [2.75, 3.05) is 39.4 Å². The van der Waals surface area contributed by atoms with E-state index in [1.165, 1.54) is 11.1 Å². The first-order valence-corrected chi connectivity index (χ1v) is 12.2. The van der Waals surface area contributed by atoms with Crippen LogP contribution < -0.4 is 0 Å². The van der Waals surface area contributed by atoms with Crippen LogP contribution in [-0.4, -0.2) is 75.8 Å². The van der Waals surface area contributed by atoms with Crippen LogP contribution in [0.5, 0.6) is 0 Å². The summed E-state index contributed by atoms with van der Waals surface area (Å²) in [6, 6.07) is 12.3. The SMILES string of the molecule is Cc1ccc([C@H]2/C(=C(\O)c3cnn(-c4ccccc4)c3C)C(=O)C(=O)N2CCCN2CCOCC2)o1. The smallest absolute Gasteiger partial charge is 0.295 e. The largest absolute Gasteiger partial charge is 0.507 e. The third kappa shape index (κ3) is 4.47. The standard InChI is InChI=1S/C27H30N4O5/c1-18-9-10-22(36-18)24-23(25(32)21-17-28-31(19(21)2)20-7-4-3-5-8-20)26(33)27(34)30(24)12-6-11-29-13-15-35-16-14-29/h3-5,7-10,17,24,32H,6,11-16H2,1-2H3/b25-23+/t24-/m0/s1. The Morgan fingerprint density at radius 2 is 1.81 bits per heavy atom. The van der Waals surface area contributed by atoms with E-state index < -0.39 is 17.7 Å². The maximum absolute atomic E-state index is 13.3. The summed E-state index contributed by atoms with van der Waals surface area (Å²) >= 11 is 0. The number of aliphatic hydroxyl groups excluding tert-OH is 1. The number of furan rings is 1. The molecule has 5 rings (SSSR count). The van der Waals surface area contributed by atoms with Gasteiger partial charge in [-0.15, -0.1) is 0 Å². The molecule has 0 radical (unpaired) electrons. The quantitative estimate of drug-likeness (QED) is 0.308. The molecule has 36 heavy (non-hydrogen) atoms. The van der Waals surface area contributed by atoms with Gasteiger partial charge in [-0.2, -0.15) is 5.10 Å². The number of benzene rings is 1. The fourth-order valence-electron chi connectivity index (χ4n) is 4.91. The van der Waals surface area contributed by atoms with E-state index in [-0.39, 0.29) is 11.3 Å². The molecular weight excluding hydrogens is 460 g/mol. The minimum Gasteiger partial charge on any atom is -0.507 e. The number of aliphatic hydroxyl groups is 1. The first-order chi connectivity index (χ1) is 17.5. The van der Waals surface area contributed by atoms with Crippen molar-refractivity contribution in [3.05, 3.63) is 77.0 Å². The van der Waals surface area contributed by atoms with Crippen molar-refractivity contribution >= 4 is 17.4 Å². The number of carbonyl (C=O) groups is 2. The van der Waals surface area contributed by atoms with Crippen LogP contribution in [0.25, 0.3) is 11.4 Å². The van der Waals surface area contributed by atoms with Gasteiger partial charge in [-0.1, -0.05) is 18.2 Å². The van der Waals surface area contributed by atoms with Crippen LogP contribution in [-0.2, 0) is 14.3 Å². The molecule has 0 bridgehead atoms. The van der Waals surface area contributed by atoms with E-state index in [0.717, 1.165) is 25.3 Å². The van der Waals surface area contributed by atoms with Gasteiger partial charge in [0, 0.05) is 26.2 Å². The summed E-state index contributed by atoms with van der Waals surface area (Å²) in [6.45, 7) is 7.89. The van der Waals surface area contributed by atoms with Crippen LogP contribution in [0, 0.1) is 13.8 Å². The van der Waals surface area contributed by atoms with E-state index in [4.69, 9.17) is 9.15 Å². The van der Waals surface area contributed by atoms with Crippen molar-refractivity contribution in [3.8, 4) is 5.69 Å². The third-order valence-corrected chi connectivity index (χ3v) is 6.81. The normalized spacial score (nSPS) is 20.4. The summed E-state index contributed by atoms with van der Waals surface area (Å²) in [5, 5.41) is 15.8. The molecule has 0 saturated carbocycles. The second-order valence-corrected chi connectivity index (χ2v) is 9.14. The van der Waals surface area contributed by atoms with Crippen LogP contribution in [0.15, 0.2) is 58.7 Å². The molecule has 1 aromatic carbocycles. The highest BCUT2D eigenvalue weighted by Crippen LogP contribution is 2.40. The highest BCUT2D eigenvalue weighted by molar-refractivity contribution is 6.46. The molecule has 1 amide bonds. The van der Waals surface area contributed by atoms with E-state index >= 15 is 0 Å². The average Bonchev–Trinajstić information content (AvgIpc) is 3.57. The monoisotopic (exact) mass is 490 g/mol. The molecular formula is C27H30N4O5. The molecule has 2 aromatic heterocycles. The summed E-state index contributed by atoms with van der Waals surface area (Å²) in [5.74, 6) is -0.483. The van der Waals surface area contributed by atoms with Crippen molar-refractivity contribution in [2.45, 2.75) is 26.3 Å². The summed E-state index contributed by atoms with van der Waals surface area (Å²) in [5.41, 5.74) is 1.91. The number of hydrogen-bond donors (Lipinski definition) is 1. The second kappa shape index (κ2) is 10.1. The number of hydrogen-bond acceptors (Lipinski definition) is 7. The van der Waals surface area contributed by atoms with E-state index in [0.29, 0.717) is 49.0 Å². The number of ether oxygens (including phenoxy) is 1. The van der Waals surface area contributed by atoms with Gasteiger partial charge in [-0.05, 0) is 44.5 Å². The molecule has 9 nitrogen and oxygen atoms in total. The number of nitrogens with zero attached hydrogens (tertiary/aromatic N) is 4. The number of para-hydroxylation sites is 1. The maximum Gasteiger partial charge on any atom is 0.295 e. The van der Waals surface area contributed by atoms with Gasteiger partial charge in [0.05, 0.1) is 41.9 Å². The Kier molecular flexibility index (Phi) is 6.75. The van der Waals surface area contributed by atoms with Crippen LogP contribution in [0.4, 0.5) is 0 Å². The highest BCUT2D eigenvalue weighted by Gasteiger charge is 2.47. The van der Waals surface area contributed by atoms with E-state index in [1.54, 1.807) is 16.8 Å². The fraction of sp³-hybridized carbons (Fsp3) is 0.370. The number of likely N-dealkylation sites (tertiary alicyclic amines) is 1. The van der Waals surface area contributed by atoms with Gasteiger partial charge in [0.2, 0.25) is 0 Å². The average molecular weight is 491 g/mol. The molecule has 0 spiro atoms. The molecule has 1 N–H and O–H groups in total. The molecule has 2 aliphatic rings. The molecule has 188 valence electrons. The first kappa shape index (κ1) is 24.0. The van der Waals surface area contributed by atoms with Gasteiger partial charge >= 0.3 is 0 Å². The van der Waals surface area contributed by atoms with E-state index in [2.05, 4.69) is 10.00 Å². The number of carbonyl (C=O) groups excluding carboxylic acids is 2. The first-order valence-electron chi connectivity index (χ1n) is 12.2. The Bertz CT molecular complexity index is 1290. The Morgan fingerprint density at radius 1 is 1.06 bits per heavy atom. The number of aromatic nitrogens is 2. The van der Waals surface area contributed by atoms with Crippen molar-refractivity contribution < 1.29 is 23.8 Å². The number of rotatable bonds is 7. The van der Waals surface area contributed by atoms with Crippen molar-refractivity contribution in [3.63, 3.8) is 0 Å². The molecule has 0 aliphatic carbocycles. The molecule has 2 saturated heterocycles.